The second-order valence-electron chi connectivity index (χ2n) is 2.75. The molecule has 3 N–H and O–H groups in total. The maximum Gasteiger partial charge on any atom is 0.368 e. The average Bonchev–Trinajstić information content (AvgIpc) is 2.13. The highest BCUT2D eigenvalue weighted by Crippen LogP contribution is 1.93. The van der Waals surface area contributed by atoms with Crippen LogP contribution in [0.25, 0.3) is 0 Å². The van der Waals surface area contributed by atoms with E-state index in [-0.39, 0.29) is 0 Å². The van der Waals surface area contributed by atoms with E-state index in [1.54, 1.807) is 0 Å². The third-order valence-electron chi connectivity index (χ3n) is 2.20. The highest BCUT2D eigenvalue weighted by molar-refractivity contribution is 6.69. The standard InChI is InChI=1S/C7H22N4Si/c1-6-10-12(8-3,9-4)11(5)7-2/h8-10H,6-7H2,1-5H3. The molecule has 0 aromatic rings. The molecule has 5 heteroatoms. The van der Waals surface area contributed by atoms with Gasteiger partial charge in [0.2, 0.25) is 0 Å². The first kappa shape index (κ1) is 12.1. The van der Waals surface area contributed by atoms with Gasteiger partial charge in [0, 0.05) is 0 Å². The van der Waals surface area contributed by atoms with E-state index in [4.69, 9.17) is 0 Å². The first-order chi connectivity index (χ1) is 5.66. The Hall–Kier alpha value is 0.0569. The highest BCUT2D eigenvalue weighted by Gasteiger charge is 2.34. The molecule has 0 aliphatic carbocycles. The largest absolute Gasteiger partial charge is 0.368 e. The summed E-state index contributed by atoms with van der Waals surface area (Å²) >= 11 is 0. The summed E-state index contributed by atoms with van der Waals surface area (Å²) in [6, 6.07) is 0. The maximum absolute atomic E-state index is 3.49. The number of nitrogens with one attached hydrogen (secondary N) is 3. The maximum atomic E-state index is 3.49. The van der Waals surface area contributed by atoms with E-state index in [2.05, 4.69) is 40.4 Å². The monoisotopic (exact) mass is 190 g/mol. The molecule has 0 saturated heterocycles. The molecule has 0 unspecified atom stereocenters. The molecule has 4 nitrogen and oxygen atoms in total. The summed E-state index contributed by atoms with van der Waals surface area (Å²) in [7, 11) is 4.36. The highest BCUT2D eigenvalue weighted by atomic mass is 28.4. The first-order valence-electron chi connectivity index (χ1n) is 4.50. The van der Waals surface area contributed by atoms with Crippen molar-refractivity contribution in [2.45, 2.75) is 13.8 Å². The predicted octanol–water partition coefficient (Wildman–Crippen LogP) is -0.578. The summed E-state index contributed by atoms with van der Waals surface area (Å²) in [5.41, 5.74) is 0. The van der Waals surface area contributed by atoms with Crippen LogP contribution in [-0.4, -0.2) is 47.5 Å². The second-order valence-corrected chi connectivity index (χ2v) is 6.29. The zero-order valence-electron chi connectivity index (χ0n) is 8.86. The molecule has 0 aromatic carbocycles. The van der Waals surface area contributed by atoms with Crippen LogP contribution >= 0.6 is 0 Å². The van der Waals surface area contributed by atoms with Crippen molar-refractivity contribution in [1.82, 2.24) is 19.5 Å². The minimum Gasteiger partial charge on any atom is -0.303 e. The molecule has 0 spiro atoms. The Morgan fingerprint density at radius 1 is 1.17 bits per heavy atom. The van der Waals surface area contributed by atoms with E-state index in [9.17, 15) is 0 Å². The minimum absolute atomic E-state index is 0.984. The van der Waals surface area contributed by atoms with E-state index < -0.39 is 8.72 Å². The number of hydrogen-bond donors (Lipinski definition) is 3. The van der Waals surface area contributed by atoms with Crippen LogP contribution in [-0.2, 0) is 0 Å². The SMILES string of the molecule is CCN[Si](NC)(NC)N(C)CC. The van der Waals surface area contributed by atoms with Crippen LogP contribution < -0.4 is 14.9 Å². The third kappa shape index (κ3) is 2.53. The van der Waals surface area contributed by atoms with Crippen molar-refractivity contribution in [3.05, 3.63) is 0 Å². The molecular weight excluding hydrogens is 168 g/mol. The summed E-state index contributed by atoms with van der Waals surface area (Å²) in [6.07, 6.45) is 0. The fourth-order valence-corrected chi connectivity index (χ4v) is 3.93. The Kier molecular flexibility index (Phi) is 5.69. The van der Waals surface area contributed by atoms with Crippen LogP contribution in [0.1, 0.15) is 13.8 Å². The Morgan fingerprint density at radius 3 is 1.92 bits per heavy atom. The number of hydrogen-bond acceptors (Lipinski definition) is 4. The van der Waals surface area contributed by atoms with Gasteiger partial charge < -0.3 is 14.9 Å². The van der Waals surface area contributed by atoms with Gasteiger partial charge in [-0.1, -0.05) is 13.8 Å². The van der Waals surface area contributed by atoms with E-state index in [1.807, 2.05) is 14.1 Å². The molecule has 0 radical (unpaired) electrons. The topological polar surface area (TPSA) is 39.3 Å². The van der Waals surface area contributed by atoms with E-state index in [0.29, 0.717) is 0 Å². The quantitative estimate of drug-likeness (QED) is 0.490. The van der Waals surface area contributed by atoms with Gasteiger partial charge in [0.25, 0.3) is 0 Å². The van der Waals surface area contributed by atoms with E-state index in [1.165, 1.54) is 0 Å². The summed E-state index contributed by atoms with van der Waals surface area (Å²) in [4.78, 5) is 10.2. The third-order valence-corrected chi connectivity index (χ3v) is 5.98. The van der Waals surface area contributed by atoms with Crippen LogP contribution in [0.3, 0.4) is 0 Å². The fraction of sp³-hybridized carbons (Fsp3) is 1.00. The van der Waals surface area contributed by atoms with Gasteiger partial charge in [0.15, 0.2) is 0 Å². The van der Waals surface area contributed by atoms with Crippen LogP contribution in [0, 0.1) is 0 Å². The lowest BCUT2D eigenvalue weighted by atomic mass is 10.8. The molecule has 74 valence electrons. The van der Waals surface area contributed by atoms with E-state index >= 15 is 0 Å². The summed E-state index contributed by atoms with van der Waals surface area (Å²) in [6.45, 7) is 6.31. The Labute approximate surface area is 77.0 Å². The van der Waals surface area contributed by atoms with Crippen LogP contribution in [0.2, 0.25) is 0 Å². The first-order valence-corrected chi connectivity index (χ1v) is 6.45. The van der Waals surface area contributed by atoms with Crippen molar-refractivity contribution in [3.63, 3.8) is 0 Å². The summed E-state index contributed by atoms with van der Waals surface area (Å²) in [5.74, 6) is 0. The summed E-state index contributed by atoms with van der Waals surface area (Å²) < 4.78 is 2.32. The smallest absolute Gasteiger partial charge is 0.303 e. The zero-order valence-corrected chi connectivity index (χ0v) is 9.86. The number of rotatable bonds is 6. The van der Waals surface area contributed by atoms with Crippen molar-refractivity contribution in [1.29, 1.82) is 0 Å². The van der Waals surface area contributed by atoms with E-state index in [0.717, 1.165) is 13.1 Å². The van der Waals surface area contributed by atoms with Gasteiger partial charge in [-0.15, -0.1) is 0 Å². The van der Waals surface area contributed by atoms with Gasteiger partial charge in [-0.25, -0.2) is 0 Å². The second kappa shape index (κ2) is 5.66. The van der Waals surface area contributed by atoms with Gasteiger partial charge in [-0.2, -0.15) is 0 Å². The predicted molar refractivity (Wildman–Crippen MR) is 55.9 cm³/mol. The lowest BCUT2D eigenvalue weighted by Crippen LogP contribution is -2.79. The fourth-order valence-electron chi connectivity index (χ4n) is 1.31. The molecule has 0 aromatic heterocycles. The molecule has 0 rings (SSSR count). The normalized spacial score (nSPS) is 12.5. The Balaban J connectivity index is 4.33. The molecule has 0 fully saturated rings. The molecule has 12 heavy (non-hydrogen) atoms. The van der Waals surface area contributed by atoms with Crippen LogP contribution in [0.4, 0.5) is 0 Å². The molecule has 0 aliphatic heterocycles. The lowest BCUT2D eigenvalue weighted by molar-refractivity contribution is 0.480. The van der Waals surface area contributed by atoms with Gasteiger partial charge in [0.05, 0.1) is 0 Å². The molecule has 0 heterocycles. The molecule has 0 bridgehead atoms. The van der Waals surface area contributed by atoms with Crippen LogP contribution in [0.15, 0.2) is 0 Å². The van der Waals surface area contributed by atoms with Gasteiger partial charge >= 0.3 is 8.72 Å². The van der Waals surface area contributed by atoms with Gasteiger partial charge in [-0.3, -0.25) is 4.57 Å². The van der Waals surface area contributed by atoms with Crippen molar-refractivity contribution >= 4 is 8.72 Å². The summed E-state index contributed by atoms with van der Waals surface area (Å²) in [5, 5.41) is 0. The van der Waals surface area contributed by atoms with Gasteiger partial charge in [-0.05, 0) is 34.2 Å². The molecule has 0 saturated carbocycles. The van der Waals surface area contributed by atoms with Crippen molar-refractivity contribution in [2.24, 2.45) is 0 Å². The number of nitrogens with zero attached hydrogens (tertiary/aromatic N) is 1. The van der Waals surface area contributed by atoms with Crippen molar-refractivity contribution in [2.75, 3.05) is 34.2 Å². The zero-order chi connectivity index (χ0) is 9.61. The lowest BCUT2D eigenvalue weighted by Gasteiger charge is -2.37. The van der Waals surface area contributed by atoms with Crippen molar-refractivity contribution < 1.29 is 0 Å². The molecular formula is C7H22N4Si. The van der Waals surface area contributed by atoms with Crippen molar-refractivity contribution in [3.8, 4) is 0 Å². The van der Waals surface area contributed by atoms with Gasteiger partial charge in [0.1, 0.15) is 0 Å². The molecule has 0 atom stereocenters. The molecule has 0 aliphatic rings. The van der Waals surface area contributed by atoms with Crippen LogP contribution in [0.5, 0.6) is 0 Å². The Morgan fingerprint density at radius 2 is 1.67 bits per heavy atom. The molecule has 0 amide bonds. The Bertz CT molecular complexity index is 116. The average molecular weight is 190 g/mol. The minimum atomic E-state index is -1.76.